The maximum absolute atomic E-state index is 7.02. The molecule has 0 radical (unpaired) electrons. The van der Waals surface area contributed by atoms with Crippen LogP contribution in [0.15, 0.2) is 229 Å². The van der Waals surface area contributed by atoms with E-state index in [9.17, 15) is 0 Å². The van der Waals surface area contributed by atoms with Crippen LogP contribution in [0.4, 0.5) is 17.1 Å². The minimum absolute atomic E-state index is 0.890. The van der Waals surface area contributed by atoms with Gasteiger partial charge >= 0.3 is 0 Å². The fourth-order valence-corrected chi connectivity index (χ4v) is 8.72. The van der Waals surface area contributed by atoms with E-state index in [-0.39, 0.29) is 0 Å². The van der Waals surface area contributed by atoms with Gasteiger partial charge in [-0.1, -0.05) is 182 Å². The molecule has 0 amide bonds. The molecule has 0 bridgehead atoms. The quantitative estimate of drug-likeness (QED) is 0.151. The minimum Gasteiger partial charge on any atom is -0.455 e. The summed E-state index contributed by atoms with van der Waals surface area (Å²) in [4.78, 5) is 2.39. The summed E-state index contributed by atoms with van der Waals surface area (Å²) in [5.41, 5.74) is 12.3. The van der Waals surface area contributed by atoms with Gasteiger partial charge < -0.3 is 9.32 Å². The Morgan fingerprint density at radius 2 is 0.862 bits per heavy atom. The number of benzene rings is 10. The number of furan rings is 1. The Morgan fingerprint density at radius 3 is 1.62 bits per heavy atom. The van der Waals surface area contributed by atoms with E-state index < -0.39 is 0 Å². The molecule has 1 heterocycles. The molecule has 2 heteroatoms. The van der Waals surface area contributed by atoms with Crippen LogP contribution in [0.25, 0.3) is 88.0 Å². The number of nitrogens with zero attached hydrogens (tertiary/aromatic N) is 1. The largest absolute Gasteiger partial charge is 0.455 e. The summed E-state index contributed by atoms with van der Waals surface area (Å²) in [5, 5.41) is 8.21. The van der Waals surface area contributed by atoms with Crippen LogP contribution in [0.5, 0.6) is 0 Å². The maximum Gasteiger partial charge on any atom is 0.143 e. The van der Waals surface area contributed by atoms with Crippen molar-refractivity contribution in [2.75, 3.05) is 4.90 Å². The van der Waals surface area contributed by atoms with Crippen molar-refractivity contribution in [1.82, 2.24) is 0 Å². The highest BCUT2D eigenvalue weighted by atomic mass is 16.3. The smallest absolute Gasteiger partial charge is 0.143 e. The van der Waals surface area contributed by atoms with Crippen LogP contribution in [0.2, 0.25) is 0 Å². The van der Waals surface area contributed by atoms with Crippen LogP contribution in [-0.2, 0) is 0 Å². The van der Waals surface area contributed by atoms with Crippen molar-refractivity contribution in [2.24, 2.45) is 0 Å². The highest BCUT2D eigenvalue weighted by molar-refractivity contribution is 6.28. The average Bonchev–Trinajstić information content (AvgIpc) is 3.72. The lowest BCUT2D eigenvalue weighted by Crippen LogP contribution is -2.10. The molecule has 58 heavy (non-hydrogen) atoms. The second-order valence-electron chi connectivity index (χ2n) is 14.8. The number of fused-ring (bicyclic) bond motifs is 7. The van der Waals surface area contributed by atoms with Gasteiger partial charge in [0.25, 0.3) is 0 Å². The zero-order valence-corrected chi connectivity index (χ0v) is 31.7. The van der Waals surface area contributed by atoms with E-state index in [1.807, 2.05) is 0 Å². The van der Waals surface area contributed by atoms with Crippen molar-refractivity contribution < 1.29 is 4.42 Å². The Bertz CT molecular complexity index is 3250. The molecular weight excluding hydrogens is 703 g/mol. The topological polar surface area (TPSA) is 16.4 Å². The van der Waals surface area contributed by atoms with Crippen molar-refractivity contribution in [3.63, 3.8) is 0 Å². The molecule has 0 unspecified atom stereocenters. The summed E-state index contributed by atoms with van der Waals surface area (Å²) >= 11 is 0. The first-order chi connectivity index (χ1) is 28.8. The third kappa shape index (κ3) is 5.74. The third-order valence-electron chi connectivity index (χ3n) is 11.4. The summed E-state index contributed by atoms with van der Waals surface area (Å²) in [7, 11) is 0. The molecule has 11 rings (SSSR count). The SMILES string of the molecule is c1ccc(-c2ccc(N(c3cccc(-c4ccc5c(c4)c4ccccc4c4c(-c6ccccc6)c(-c6ccccc6)oc54)c3)c3cccc4ccccc34)cc2)cc1. The lowest BCUT2D eigenvalue weighted by Gasteiger charge is -2.27. The monoisotopic (exact) mass is 739 g/mol. The van der Waals surface area contributed by atoms with Gasteiger partial charge in [-0.3, -0.25) is 0 Å². The van der Waals surface area contributed by atoms with Crippen LogP contribution in [0, 0.1) is 0 Å². The Kier molecular flexibility index (Phi) is 8.19. The summed E-state index contributed by atoms with van der Waals surface area (Å²) < 4.78 is 7.02. The van der Waals surface area contributed by atoms with E-state index in [1.165, 1.54) is 38.1 Å². The fourth-order valence-electron chi connectivity index (χ4n) is 8.72. The van der Waals surface area contributed by atoms with E-state index in [0.29, 0.717) is 0 Å². The fraction of sp³-hybridized carbons (Fsp3) is 0. The zero-order valence-electron chi connectivity index (χ0n) is 31.7. The summed E-state index contributed by atoms with van der Waals surface area (Å²) in [5.74, 6) is 0.890. The predicted octanol–water partition coefficient (Wildman–Crippen LogP) is 16.0. The third-order valence-corrected chi connectivity index (χ3v) is 11.4. The van der Waals surface area contributed by atoms with Gasteiger partial charge in [0.05, 0.1) is 5.69 Å². The molecule has 11 aromatic rings. The highest BCUT2D eigenvalue weighted by Gasteiger charge is 2.23. The van der Waals surface area contributed by atoms with Crippen molar-refractivity contribution in [1.29, 1.82) is 0 Å². The first-order valence-electron chi connectivity index (χ1n) is 19.8. The van der Waals surface area contributed by atoms with E-state index >= 15 is 0 Å². The summed E-state index contributed by atoms with van der Waals surface area (Å²) in [6.07, 6.45) is 0. The lowest BCUT2D eigenvalue weighted by molar-refractivity contribution is 0.636. The van der Waals surface area contributed by atoms with E-state index in [4.69, 9.17) is 4.42 Å². The summed E-state index contributed by atoms with van der Waals surface area (Å²) in [6, 6.07) is 80.4. The van der Waals surface area contributed by atoms with Crippen LogP contribution in [-0.4, -0.2) is 0 Å². The molecule has 0 saturated carbocycles. The Balaban J connectivity index is 1.09. The Labute approximate surface area is 337 Å². The first kappa shape index (κ1) is 33.6. The molecule has 0 fully saturated rings. The Morgan fingerprint density at radius 1 is 0.310 bits per heavy atom. The highest BCUT2D eigenvalue weighted by Crippen LogP contribution is 2.48. The lowest BCUT2D eigenvalue weighted by atomic mass is 9.91. The molecule has 0 atom stereocenters. The van der Waals surface area contributed by atoms with Gasteiger partial charge in [0.1, 0.15) is 11.3 Å². The number of anilines is 3. The van der Waals surface area contributed by atoms with E-state index in [2.05, 4.69) is 229 Å². The van der Waals surface area contributed by atoms with Gasteiger partial charge in [-0.15, -0.1) is 0 Å². The number of hydrogen-bond acceptors (Lipinski definition) is 2. The van der Waals surface area contributed by atoms with Gasteiger partial charge in [-0.05, 0) is 91.8 Å². The first-order valence-corrected chi connectivity index (χ1v) is 19.8. The van der Waals surface area contributed by atoms with Crippen LogP contribution in [0.1, 0.15) is 0 Å². The summed E-state index contributed by atoms with van der Waals surface area (Å²) in [6.45, 7) is 0. The normalized spacial score (nSPS) is 11.4. The van der Waals surface area contributed by atoms with Gasteiger partial charge in [-0.25, -0.2) is 0 Å². The van der Waals surface area contributed by atoms with Crippen LogP contribution in [0.3, 0.4) is 0 Å². The molecule has 0 N–H and O–H groups in total. The standard InChI is InChI=1S/C56H37NO/c1-4-16-38(17-5-1)39-30-33-45(34-31-39)57(52-29-15-23-40-18-10-11-26-47(40)52)46-25-14-24-43(36-46)44-32-35-50-51(37-44)48-27-12-13-28-49(48)54-53(41-19-6-2-7-20-41)55(58-56(50)54)42-21-8-3-9-22-42/h1-37H. The van der Waals surface area contributed by atoms with Crippen LogP contribution >= 0.6 is 0 Å². The molecule has 0 saturated heterocycles. The molecule has 0 aliphatic heterocycles. The average molecular weight is 740 g/mol. The van der Waals surface area contributed by atoms with E-state index in [0.717, 1.165) is 67.0 Å². The van der Waals surface area contributed by atoms with E-state index in [1.54, 1.807) is 0 Å². The predicted molar refractivity (Wildman–Crippen MR) is 245 cm³/mol. The van der Waals surface area contributed by atoms with Gasteiger partial charge in [0.15, 0.2) is 0 Å². The van der Waals surface area contributed by atoms with Crippen molar-refractivity contribution in [3.05, 3.63) is 224 Å². The zero-order chi connectivity index (χ0) is 38.4. The second-order valence-corrected chi connectivity index (χ2v) is 14.8. The number of hydrogen-bond donors (Lipinski definition) is 0. The minimum atomic E-state index is 0.890. The maximum atomic E-state index is 7.02. The van der Waals surface area contributed by atoms with Gasteiger partial charge in [0.2, 0.25) is 0 Å². The van der Waals surface area contributed by atoms with Crippen molar-refractivity contribution in [2.45, 2.75) is 0 Å². The van der Waals surface area contributed by atoms with Crippen molar-refractivity contribution in [3.8, 4) is 44.7 Å². The molecule has 0 spiro atoms. The molecule has 10 aromatic carbocycles. The van der Waals surface area contributed by atoms with Gasteiger partial charge in [-0.2, -0.15) is 0 Å². The van der Waals surface area contributed by atoms with Crippen LogP contribution < -0.4 is 4.90 Å². The van der Waals surface area contributed by atoms with Gasteiger partial charge in [0, 0.05) is 38.7 Å². The Hall–Kier alpha value is -7.68. The molecular formula is C56H37NO. The molecule has 2 nitrogen and oxygen atoms in total. The molecule has 272 valence electrons. The second kappa shape index (κ2) is 14.1. The molecule has 0 aliphatic rings. The molecule has 1 aromatic heterocycles. The molecule has 0 aliphatic carbocycles. The van der Waals surface area contributed by atoms with Crippen molar-refractivity contribution >= 4 is 60.3 Å². The number of rotatable bonds is 7.